The fourth-order valence-corrected chi connectivity index (χ4v) is 4.59. The third kappa shape index (κ3) is 6.28. The van der Waals surface area contributed by atoms with Crippen molar-refractivity contribution in [1.82, 2.24) is 15.2 Å². The van der Waals surface area contributed by atoms with Crippen molar-refractivity contribution < 1.29 is 32.6 Å². The SMILES string of the molecule is CC(C)(O)CC1(C(=O)N2CCc3ncc(C(F)(F)F)cc3C2)C=CC(NC(=O)OC(C)(C)C)C1. The van der Waals surface area contributed by atoms with Crippen LogP contribution in [-0.2, 0) is 28.7 Å². The number of fused-ring (bicyclic) bond motifs is 1. The molecule has 2 heterocycles. The van der Waals surface area contributed by atoms with Gasteiger partial charge in [0.05, 0.1) is 22.6 Å². The summed E-state index contributed by atoms with van der Waals surface area (Å²) in [6, 6.07) is 0.554. The molecule has 3 rings (SSSR count). The number of alkyl carbamates (subject to hydrolysis) is 1. The van der Waals surface area contributed by atoms with Crippen molar-refractivity contribution in [2.75, 3.05) is 6.54 Å². The maximum absolute atomic E-state index is 13.7. The normalized spacial score (nSPS) is 23.0. The summed E-state index contributed by atoms with van der Waals surface area (Å²) >= 11 is 0. The van der Waals surface area contributed by atoms with Crippen molar-refractivity contribution in [2.24, 2.45) is 5.41 Å². The van der Waals surface area contributed by atoms with Crippen LogP contribution >= 0.6 is 0 Å². The molecule has 2 aliphatic rings. The van der Waals surface area contributed by atoms with Gasteiger partial charge in [-0.1, -0.05) is 12.2 Å². The van der Waals surface area contributed by atoms with Gasteiger partial charge in [-0.3, -0.25) is 9.78 Å². The summed E-state index contributed by atoms with van der Waals surface area (Å²) < 4.78 is 44.8. The van der Waals surface area contributed by atoms with Crippen LogP contribution in [0, 0.1) is 5.41 Å². The molecule has 1 aliphatic heterocycles. The van der Waals surface area contributed by atoms with E-state index in [1.165, 1.54) is 4.90 Å². The van der Waals surface area contributed by atoms with E-state index in [4.69, 9.17) is 4.74 Å². The average molecular weight is 484 g/mol. The molecule has 2 amide bonds. The minimum atomic E-state index is -4.52. The Kier molecular flexibility index (Phi) is 6.78. The number of nitrogens with zero attached hydrogens (tertiary/aromatic N) is 2. The number of hydrogen-bond donors (Lipinski definition) is 2. The zero-order chi connectivity index (χ0) is 25.5. The third-order valence-electron chi connectivity index (χ3n) is 5.76. The Balaban J connectivity index is 1.81. The van der Waals surface area contributed by atoms with E-state index >= 15 is 0 Å². The molecule has 2 N–H and O–H groups in total. The number of hydrogen-bond acceptors (Lipinski definition) is 5. The van der Waals surface area contributed by atoms with Crippen LogP contribution in [0.15, 0.2) is 24.4 Å². The number of pyridine rings is 1. The Bertz CT molecular complexity index is 979. The molecule has 1 aliphatic carbocycles. The van der Waals surface area contributed by atoms with Crippen molar-refractivity contribution >= 4 is 12.0 Å². The highest BCUT2D eigenvalue weighted by Crippen LogP contribution is 2.42. The number of halogens is 3. The summed E-state index contributed by atoms with van der Waals surface area (Å²) in [4.78, 5) is 31.4. The van der Waals surface area contributed by atoms with Gasteiger partial charge in [0.1, 0.15) is 5.60 Å². The largest absolute Gasteiger partial charge is 0.444 e. The van der Waals surface area contributed by atoms with Crippen LogP contribution < -0.4 is 5.32 Å². The second-order valence-electron chi connectivity index (χ2n) is 10.8. The van der Waals surface area contributed by atoms with Crippen LogP contribution in [0.25, 0.3) is 0 Å². The van der Waals surface area contributed by atoms with Crippen molar-refractivity contribution in [2.45, 2.75) is 83.8 Å². The Morgan fingerprint density at radius 1 is 1.26 bits per heavy atom. The molecule has 0 aromatic carbocycles. The van der Waals surface area contributed by atoms with Crippen molar-refractivity contribution in [1.29, 1.82) is 0 Å². The Hall–Kier alpha value is -2.62. The van der Waals surface area contributed by atoms with Crippen molar-refractivity contribution in [3.8, 4) is 0 Å². The molecule has 7 nitrogen and oxygen atoms in total. The predicted molar refractivity (Wildman–Crippen MR) is 119 cm³/mol. The molecule has 188 valence electrons. The number of nitrogens with one attached hydrogen (secondary N) is 1. The van der Waals surface area contributed by atoms with Gasteiger partial charge in [0.2, 0.25) is 5.91 Å². The van der Waals surface area contributed by atoms with E-state index in [1.807, 2.05) is 0 Å². The van der Waals surface area contributed by atoms with Crippen LogP contribution in [0.4, 0.5) is 18.0 Å². The van der Waals surface area contributed by atoms with Gasteiger partial charge in [0.25, 0.3) is 0 Å². The fourth-order valence-electron chi connectivity index (χ4n) is 4.59. The molecule has 1 aromatic heterocycles. The number of rotatable bonds is 4. The second-order valence-corrected chi connectivity index (χ2v) is 10.8. The lowest BCUT2D eigenvalue weighted by atomic mass is 9.76. The summed E-state index contributed by atoms with van der Waals surface area (Å²) in [6.45, 7) is 8.71. The van der Waals surface area contributed by atoms with Crippen LogP contribution in [0.2, 0.25) is 0 Å². The molecule has 10 heteroatoms. The molecule has 34 heavy (non-hydrogen) atoms. The molecular formula is C24H32F3N3O4. The zero-order valence-electron chi connectivity index (χ0n) is 20.1. The summed E-state index contributed by atoms with van der Waals surface area (Å²) in [7, 11) is 0. The number of alkyl halides is 3. The molecule has 0 spiro atoms. The fraction of sp³-hybridized carbons (Fsp3) is 0.625. The van der Waals surface area contributed by atoms with E-state index in [0.29, 0.717) is 24.2 Å². The standard InChI is InChI=1S/C24H32F3N3O4/c1-21(2,3)34-20(32)29-17-6-8-23(11-17,14-22(4,5)33)19(31)30-9-7-18-15(13-30)10-16(12-28-18)24(25,26)27/h6,8,10,12,17,33H,7,9,11,13-14H2,1-5H3,(H,29,32). The van der Waals surface area contributed by atoms with Gasteiger partial charge < -0.3 is 20.1 Å². The van der Waals surface area contributed by atoms with Crippen LogP contribution in [-0.4, -0.2) is 50.8 Å². The number of ether oxygens (including phenoxy) is 1. The van der Waals surface area contributed by atoms with Gasteiger partial charge >= 0.3 is 12.3 Å². The summed E-state index contributed by atoms with van der Waals surface area (Å²) in [5, 5.41) is 13.3. The van der Waals surface area contributed by atoms with Gasteiger partial charge in [0, 0.05) is 31.4 Å². The maximum atomic E-state index is 13.7. The van der Waals surface area contributed by atoms with E-state index in [-0.39, 0.29) is 25.3 Å². The molecule has 1 aromatic rings. The first-order chi connectivity index (χ1) is 15.5. The Morgan fingerprint density at radius 2 is 1.94 bits per heavy atom. The molecule has 0 saturated heterocycles. The molecule has 0 bridgehead atoms. The van der Waals surface area contributed by atoms with E-state index in [1.54, 1.807) is 46.8 Å². The van der Waals surface area contributed by atoms with E-state index in [9.17, 15) is 27.9 Å². The number of amides is 2. The predicted octanol–water partition coefficient (Wildman–Crippen LogP) is 3.99. The topological polar surface area (TPSA) is 91.8 Å². The highest BCUT2D eigenvalue weighted by molar-refractivity contribution is 5.86. The van der Waals surface area contributed by atoms with Gasteiger partial charge in [-0.2, -0.15) is 13.2 Å². The lowest BCUT2D eigenvalue weighted by molar-refractivity contribution is -0.143. The number of aromatic nitrogens is 1. The quantitative estimate of drug-likeness (QED) is 0.632. The monoisotopic (exact) mass is 483 g/mol. The number of aliphatic hydroxyl groups is 1. The lowest BCUT2D eigenvalue weighted by Crippen LogP contribution is -2.49. The molecule has 0 radical (unpaired) electrons. The zero-order valence-corrected chi connectivity index (χ0v) is 20.1. The van der Waals surface area contributed by atoms with E-state index in [2.05, 4.69) is 10.3 Å². The van der Waals surface area contributed by atoms with Crippen LogP contribution in [0.1, 0.15) is 64.3 Å². The van der Waals surface area contributed by atoms with Gasteiger partial charge in [-0.05, 0) is 59.1 Å². The molecular weight excluding hydrogens is 451 g/mol. The minimum Gasteiger partial charge on any atom is -0.444 e. The third-order valence-corrected chi connectivity index (χ3v) is 5.76. The smallest absolute Gasteiger partial charge is 0.417 e. The first kappa shape index (κ1) is 26.0. The van der Waals surface area contributed by atoms with E-state index < -0.39 is 40.5 Å². The number of carbonyl (C=O) groups is 2. The second kappa shape index (κ2) is 8.87. The lowest BCUT2D eigenvalue weighted by Gasteiger charge is -2.39. The Labute approximate surface area is 197 Å². The first-order valence-electron chi connectivity index (χ1n) is 11.2. The minimum absolute atomic E-state index is 0.00328. The Morgan fingerprint density at radius 3 is 2.53 bits per heavy atom. The molecule has 2 unspecified atom stereocenters. The molecule has 0 fully saturated rings. The van der Waals surface area contributed by atoms with Gasteiger partial charge in [-0.15, -0.1) is 0 Å². The van der Waals surface area contributed by atoms with E-state index in [0.717, 1.165) is 12.3 Å². The van der Waals surface area contributed by atoms with Gasteiger partial charge in [0.15, 0.2) is 0 Å². The van der Waals surface area contributed by atoms with Gasteiger partial charge in [-0.25, -0.2) is 4.79 Å². The average Bonchev–Trinajstić information content (AvgIpc) is 3.05. The van der Waals surface area contributed by atoms with Crippen LogP contribution in [0.3, 0.4) is 0 Å². The van der Waals surface area contributed by atoms with Crippen molar-refractivity contribution in [3.05, 3.63) is 41.2 Å². The highest BCUT2D eigenvalue weighted by Gasteiger charge is 2.47. The first-order valence-corrected chi connectivity index (χ1v) is 11.2. The number of carbonyl (C=O) groups excluding carboxylic acids is 2. The highest BCUT2D eigenvalue weighted by atomic mass is 19.4. The van der Waals surface area contributed by atoms with Crippen molar-refractivity contribution in [3.63, 3.8) is 0 Å². The summed E-state index contributed by atoms with van der Waals surface area (Å²) in [6.07, 6.45) is -0.299. The van der Waals surface area contributed by atoms with Crippen LogP contribution in [0.5, 0.6) is 0 Å². The summed E-state index contributed by atoms with van der Waals surface area (Å²) in [5.74, 6) is -0.303. The maximum Gasteiger partial charge on any atom is 0.417 e. The summed E-state index contributed by atoms with van der Waals surface area (Å²) in [5.41, 5.74) is -2.95. The molecule has 0 saturated carbocycles. The molecule has 2 atom stereocenters.